The molecular formula is C9H17O2. The highest BCUT2D eigenvalue weighted by Crippen LogP contribution is 2.04. The lowest BCUT2D eigenvalue weighted by Gasteiger charge is -1.98. The van der Waals surface area contributed by atoms with Gasteiger partial charge in [0, 0.05) is 0 Å². The molecule has 0 unspecified atom stereocenters. The Kier molecular flexibility index (Phi) is 9.01. The fraction of sp³-hybridized carbons (Fsp3) is 0.889. The molecule has 0 aromatic rings. The number of ether oxygens (including phenoxy) is 1. The summed E-state index contributed by atoms with van der Waals surface area (Å²) in [6.07, 6.45) is 7.32. The Morgan fingerprint density at radius 2 is 1.73 bits per heavy atom. The standard InChI is InChI=1S/C9H17O2/c1-2-3-4-5-6-7-8-11-9-10/h2-8H2,1H3. The van der Waals surface area contributed by atoms with E-state index in [-0.39, 0.29) is 0 Å². The van der Waals surface area contributed by atoms with Crippen LogP contribution in [0.5, 0.6) is 0 Å². The van der Waals surface area contributed by atoms with Crippen molar-refractivity contribution in [1.82, 2.24) is 0 Å². The van der Waals surface area contributed by atoms with Gasteiger partial charge in [0.15, 0.2) is 0 Å². The molecule has 0 aliphatic carbocycles. The van der Waals surface area contributed by atoms with Gasteiger partial charge >= 0.3 is 6.47 Å². The lowest BCUT2D eigenvalue weighted by atomic mass is 10.1. The topological polar surface area (TPSA) is 26.3 Å². The van der Waals surface area contributed by atoms with Crippen LogP contribution in [-0.4, -0.2) is 13.1 Å². The van der Waals surface area contributed by atoms with Crippen molar-refractivity contribution in [3.05, 3.63) is 0 Å². The summed E-state index contributed by atoms with van der Waals surface area (Å²) in [5.74, 6) is 0. The molecule has 0 bridgehead atoms. The molecule has 11 heavy (non-hydrogen) atoms. The summed E-state index contributed by atoms with van der Waals surface area (Å²) in [4.78, 5) is 9.59. The fourth-order valence-electron chi connectivity index (χ4n) is 0.996. The predicted octanol–water partition coefficient (Wildman–Crippen LogP) is 2.43. The zero-order valence-electron chi connectivity index (χ0n) is 7.27. The van der Waals surface area contributed by atoms with Crippen LogP contribution in [0.25, 0.3) is 0 Å². The average molecular weight is 157 g/mol. The van der Waals surface area contributed by atoms with E-state index in [1.165, 1.54) is 38.6 Å². The molecule has 0 aliphatic rings. The highest BCUT2D eigenvalue weighted by Gasteiger charge is 1.89. The quantitative estimate of drug-likeness (QED) is 0.506. The lowest BCUT2D eigenvalue weighted by molar-refractivity contribution is 0.268. The molecule has 2 nitrogen and oxygen atoms in total. The molecule has 0 aromatic carbocycles. The molecule has 0 heterocycles. The average Bonchev–Trinajstić information content (AvgIpc) is 2.03. The van der Waals surface area contributed by atoms with Crippen LogP contribution in [0.4, 0.5) is 0 Å². The van der Waals surface area contributed by atoms with Crippen LogP contribution in [0.2, 0.25) is 0 Å². The van der Waals surface area contributed by atoms with Gasteiger partial charge in [0.1, 0.15) is 0 Å². The molecular weight excluding hydrogens is 140 g/mol. The van der Waals surface area contributed by atoms with E-state index in [0.717, 1.165) is 6.42 Å². The predicted molar refractivity (Wildman–Crippen MR) is 45.0 cm³/mol. The Morgan fingerprint density at radius 3 is 2.36 bits per heavy atom. The van der Waals surface area contributed by atoms with E-state index in [0.29, 0.717) is 6.61 Å². The smallest absolute Gasteiger partial charge is 0.417 e. The summed E-state index contributed by atoms with van der Waals surface area (Å²) >= 11 is 0. The van der Waals surface area contributed by atoms with Gasteiger partial charge in [-0.2, -0.15) is 0 Å². The highest BCUT2D eigenvalue weighted by atomic mass is 16.5. The van der Waals surface area contributed by atoms with Gasteiger partial charge in [0.25, 0.3) is 0 Å². The van der Waals surface area contributed by atoms with Gasteiger partial charge in [0.05, 0.1) is 6.61 Å². The van der Waals surface area contributed by atoms with Crippen molar-refractivity contribution in [2.45, 2.75) is 45.4 Å². The van der Waals surface area contributed by atoms with Crippen LogP contribution in [0.1, 0.15) is 45.4 Å². The fourth-order valence-corrected chi connectivity index (χ4v) is 0.996. The first-order valence-electron chi connectivity index (χ1n) is 4.40. The van der Waals surface area contributed by atoms with Crippen LogP contribution >= 0.6 is 0 Å². The van der Waals surface area contributed by atoms with E-state index in [1.807, 2.05) is 0 Å². The Bertz CT molecular complexity index is 81.6. The molecule has 65 valence electrons. The summed E-state index contributed by atoms with van der Waals surface area (Å²) in [5, 5.41) is 0. The molecule has 0 rings (SSSR count). The second kappa shape index (κ2) is 9.47. The second-order valence-electron chi connectivity index (χ2n) is 2.70. The molecule has 0 amide bonds. The molecule has 1 radical (unpaired) electrons. The minimum atomic E-state index is 0.537. The van der Waals surface area contributed by atoms with Gasteiger partial charge in [-0.1, -0.05) is 39.0 Å². The normalized spacial score (nSPS) is 9.55. The first-order valence-corrected chi connectivity index (χ1v) is 4.40. The molecule has 0 atom stereocenters. The molecule has 0 aliphatic heterocycles. The van der Waals surface area contributed by atoms with Crippen molar-refractivity contribution in [3.8, 4) is 0 Å². The van der Waals surface area contributed by atoms with E-state index < -0.39 is 0 Å². The minimum Gasteiger partial charge on any atom is -0.457 e. The maximum absolute atomic E-state index is 9.59. The molecule has 0 aromatic heterocycles. The minimum absolute atomic E-state index is 0.537. The molecule has 0 N–H and O–H groups in total. The second-order valence-corrected chi connectivity index (χ2v) is 2.70. The van der Waals surface area contributed by atoms with Gasteiger partial charge in [-0.05, 0) is 6.42 Å². The van der Waals surface area contributed by atoms with Gasteiger partial charge in [-0.25, -0.2) is 4.79 Å². The Hall–Kier alpha value is -0.530. The number of hydrogen-bond acceptors (Lipinski definition) is 2. The third-order valence-corrected chi connectivity index (χ3v) is 1.66. The van der Waals surface area contributed by atoms with Crippen molar-refractivity contribution >= 4 is 6.47 Å². The molecule has 0 fully saturated rings. The summed E-state index contributed by atoms with van der Waals surface area (Å²) in [5.41, 5.74) is 0. The van der Waals surface area contributed by atoms with Crippen LogP contribution in [0.15, 0.2) is 0 Å². The number of unbranched alkanes of at least 4 members (excludes halogenated alkanes) is 5. The van der Waals surface area contributed by atoms with Crippen LogP contribution in [0.3, 0.4) is 0 Å². The van der Waals surface area contributed by atoms with Crippen molar-refractivity contribution in [2.24, 2.45) is 0 Å². The van der Waals surface area contributed by atoms with Gasteiger partial charge in [0.2, 0.25) is 0 Å². The maximum atomic E-state index is 9.59. The van der Waals surface area contributed by atoms with E-state index in [9.17, 15) is 4.79 Å². The third kappa shape index (κ3) is 9.47. The monoisotopic (exact) mass is 157 g/mol. The van der Waals surface area contributed by atoms with Gasteiger partial charge in [-0.3, -0.25) is 0 Å². The summed E-state index contributed by atoms with van der Waals surface area (Å²) in [6.45, 7) is 4.16. The largest absolute Gasteiger partial charge is 0.457 e. The molecule has 0 saturated carbocycles. The first-order chi connectivity index (χ1) is 5.41. The van der Waals surface area contributed by atoms with Crippen LogP contribution in [-0.2, 0) is 9.53 Å². The molecule has 0 spiro atoms. The van der Waals surface area contributed by atoms with Crippen molar-refractivity contribution < 1.29 is 9.53 Å². The van der Waals surface area contributed by atoms with E-state index >= 15 is 0 Å². The molecule has 2 heteroatoms. The molecule has 0 saturated heterocycles. The summed E-state index contributed by atoms with van der Waals surface area (Å²) in [7, 11) is 0. The Morgan fingerprint density at radius 1 is 1.09 bits per heavy atom. The van der Waals surface area contributed by atoms with Crippen molar-refractivity contribution in [3.63, 3.8) is 0 Å². The van der Waals surface area contributed by atoms with E-state index in [4.69, 9.17) is 0 Å². The zero-order valence-corrected chi connectivity index (χ0v) is 7.27. The number of carbonyl (C=O) groups excluding carboxylic acids is 1. The van der Waals surface area contributed by atoms with Crippen molar-refractivity contribution in [2.75, 3.05) is 6.61 Å². The Balaban J connectivity index is 2.74. The zero-order chi connectivity index (χ0) is 8.36. The highest BCUT2D eigenvalue weighted by molar-refractivity contribution is 5.37. The van der Waals surface area contributed by atoms with Gasteiger partial charge in [-0.15, -0.1) is 0 Å². The van der Waals surface area contributed by atoms with Crippen LogP contribution < -0.4 is 0 Å². The number of hydrogen-bond donors (Lipinski definition) is 0. The Labute approximate surface area is 68.9 Å². The summed E-state index contributed by atoms with van der Waals surface area (Å²) in [6, 6.07) is 0. The van der Waals surface area contributed by atoms with Gasteiger partial charge < -0.3 is 4.74 Å². The van der Waals surface area contributed by atoms with Crippen molar-refractivity contribution in [1.29, 1.82) is 0 Å². The summed E-state index contributed by atoms with van der Waals surface area (Å²) < 4.78 is 4.43. The SMILES string of the molecule is CCCCCCCCO[C]=O. The first kappa shape index (κ1) is 10.5. The van der Waals surface area contributed by atoms with E-state index in [2.05, 4.69) is 11.7 Å². The third-order valence-electron chi connectivity index (χ3n) is 1.66. The lowest BCUT2D eigenvalue weighted by Crippen LogP contribution is -1.90. The number of rotatable bonds is 8. The maximum Gasteiger partial charge on any atom is 0.417 e. The van der Waals surface area contributed by atoms with E-state index in [1.54, 1.807) is 0 Å². The van der Waals surface area contributed by atoms with Crippen LogP contribution in [0, 0.1) is 0 Å².